The molecule has 1 aliphatic carbocycles. The summed E-state index contributed by atoms with van der Waals surface area (Å²) in [7, 11) is 0. The fourth-order valence-electron chi connectivity index (χ4n) is 2.70. The lowest BCUT2D eigenvalue weighted by molar-refractivity contribution is 0.0935. The van der Waals surface area contributed by atoms with Gasteiger partial charge in [0, 0.05) is 18.3 Å². The zero-order valence-electron chi connectivity index (χ0n) is 13.2. The molecule has 1 fully saturated rings. The average molecular weight is 302 g/mol. The number of nitrogens with zero attached hydrogens (tertiary/aromatic N) is 2. The Morgan fingerprint density at radius 1 is 1.50 bits per heavy atom. The lowest BCUT2D eigenvalue weighted by Gasteiger charge is -2.17. The van der Waals surface area contributed by atoms with Crippen LogP contribution >= 0.6 is 0 Å². The summed E-state index contributed by atoms with van der Waals surface area (Å²) in [5, 5.41) is 7.69. The van der Waals surface area contributed by atoms with Gasteiger partial charge in [0.25, 0.3) is 11.6 Å². The lowest BCUT2D eigenvalue weighted by Crippen LogP contribution is -2.41. The van der Waals surface area contributed by atoms with Crippen LogP contribution in [0.2, 0.25) is 0 Å². The van der Waals surface area contributed by atoms with E-state index in [4.69, 9.17) is 10.3 Å². The van der Waals surface area contributed by atoms with E-state index in [2.05, 4.69) is 15.5 Å². The molecule has 22 heavy (non-hydrogen) atoms. The molecule has 6 nitrogen and oxygen atoms in total. The monoisotopic (exact) mass is 302 g/mol. The Labute approximate surface area is 129 Å². The third kappa shape index (κ3) is 2.70. The van der Waals surface area contributed by atoms with Gasteiger partial charge in [-0.3, -0.25) is 4.79 Å². The summed E-state index contributed by atoms with van der Waals surface area (Å²) < 4.78 is 5.26. The second-order valence-corrected chi connectivity index (χ2v) is 6.35. The molecule has 118 valence electrons. The zero-order chi connectivity index (χ0) is 15.9. The number of hydrogen-bond acceptors (Lipinski definition) is 5. The van der Waals surface area contributed by atoms with Crippen LogP contribution in [-0.4, -0.2) is 28.6 Å². The highest BCUT2D eigenvalue weighted by Crippen LogP contribution is 2.32. The standard InChI is InChI=1S/C16H22N4O2/c1-8(2)12-6-11(14-9(3)20-22-16(14)19-12)15(21)18-13(7-17)10-4-5-10/h6,8,10,13H,4-5,7,17H2,1-3H3,(H,18,21). The molecule has 2 heterocycles. The van der Waals surface area contributed by atoms with E-state index in [1.54, 1.807) is 0 Å². The van der Waals surface area contributed by atoms with Crippen LogP contribution in [-0.2, 0) is 0 Å². The molecule has 2 aromatic heterocycles. The maximum Gasteiger partial charge on any atom is 0.259 e. The molecule has 2 aromatic rings. The van der Waals surface area contributed by atoms with Crippen molar-refractivity contribution in [3.05, 3.63) is 23.0 Å². The van der Waals surface area contributed by atoms with Gasteiger partial charge in [-0.1, -0.05) is 19.0 Å². The van der Waals surface area contributed by atoms with Crippen LogP contribution in [0.4, 0.5) is 0 Å². The second-order valence-electron chi connectivity index (χ2n) is 6.35. The molecule has 1 amide bonds. The van der Waals surface area contributed by atoms with E-state index >= 15 is 0 Å². The van der Waals surface area contributed by atoms with Crippen molar-refractivity contribution in [2.75, 3.05) is 6.54 Å². The van der Waals surface area contributed by atoms with Gasteiger partial charge in [-0.25, -0.2) is 4.98 Å². The van der Waals surface area contributed by atoms with Gasteiger partial charge >= 0.3 is 0 Å². The summed E-state index contributed by atoms with van der Waals surface area (Å²) in [6.45, 7) is 6.35. The molecule has 1 unspecified atom stereocenters. The molecule has 1 saturated carbocycles. The Balaban J connectivity index is 1.99. The third-order valence-electron chi connectivity index (χ3n) is 4.23. The summed E-state index contributed by atoms with van der Waals surface area (Å²) in [6, 6.07) is 1.88. The van der Waals surface area contributed by atoms with Gasteiger partial charge in [-0.05, 0) is 37.7 Å². The Kier molecular flexibility index (Phi) is 3.87. The number of pyridine rings is 1. The predicted octanol–water partition coefficient (Wildman–Crippen LogP) is 2.12. The molecule has 0 aliphatic heterocycles. The SMILES string of the molecule is Cc1noc2nc(C(C)C)cc(C(=O)NC(CN)C3CC3)c12. The van der Waals surface area contributed by atoms with Gasteiger partial charge in [0.15, 0.2) is 0 Å². The minimum Gasteiger partial charge on any atom is -0.348 e. The van der Waals surface area contributed by atoms with Gasteiger partial charge < -0.3 is 15.6 Å². The molecule has 6 heteroatoms. The lowest BCUT2D eigenvalue weighted by atomic mass is 10.0. The number of aromatic nitrogens is 2. The molecule has 0 bridgehead atoms. The van der Waals surface area contributed by atoms with E-state index in [1.807, 2.05) is 26.8 Å². The van der Waals surface area contributed by atoms with Crippen LogP contribution in [0, 0.1) is 12.8 Å². The number of fused-ring (bicyclic) bond motifs is 1. The zero-order valence-corrected chi connectivity index (χ0v) is 13.2. The summed E-state index contributed by atoms with van der Waals surface area (Å²) in [4.78, 5) is 17.2. The molecular weight excluding hydrogens is 280 g/mol. The quantitative estimate of drug-likeness (QED) is 0.882. The first-order chi connectivity index (χ1) is 10.5. The second kappa shape index (κ2) is 5.68. The van der Waals surface area contributed by atoms with Crippen LogP contribution in [0.1, 0.15) is 54.4 Å². The van der Waals surface area contributed by atoms with Crippen molar-refractivity contribution < 1.29 is 9.32 Å². The van der Waals surface area contributed by atoms with Crippen LogP contribution in [0.25, 0.3) is 11.1 Å². The minimum absolute atomic E-state index is 0.0402. The van der Waals surface area contributed by atoms with E-state index in [9.17, 15) is 4.79 Å². The topological polar surface area (TPSA) is 94.0 Å². The summed E-state index contributed by atoms with van der Waals surface area (Å²) in [5.41, 5.74) is 8.28. The molecule has 1 atom stereocenters. The van der Waals surface area contributed by atoms with Gasteiger partial charge in [0.1, 0.15) is 0 Å². The first-order valence-electron chi connectivity index (χ1n) is 7.79. The van der Waals surface area contributed by atoms with E-state index in [-0.39, 0.29) is 17.9 Å². The fraction of sp³-hybridized carbons (Fsp3) is 0.562. The first kappa shape index (κ1) is 15.0. The molecule has 1 aliphatic rings. The number of aryl methyl sites for hydroxylation is 1. The fourth-order valence-corrected chi connectivity index (χ4v) is 2.70. The van der Waals surface area contributed by atoms with E-state index in [1.165, 1.54) is 0 Å². The Morgan fingerprint density at radius 3 is 2.82 bits per heavy atom. The van der Waals surface area contributed by atoms with Crippen LogP contribution in [0.5, 0.6) is 0 Å². The average Bonchev–Trinajstić information content (AvgIpc) is 3.27. The van der Waals surface area contributed by atoms with Crippen LogP contribution < -0.4 is 11.1 Å². The van der Waals surface area contributed by atoms with Crippen molar-refractivity contribution in [3.63, 3.8) is 0 Å². The molecule has 0 spiro atoms. The summed E-state index contributed by atoms with van der Waals surface area (Å²) >= 11 is 0. The summed E-state index contributed by atoms with van der Waals surface area (Å²) in [5.74, 6) is 0.595. The van der Waals surface area contributed by atoms with E-state index in [0.717, 1.165) is 18.5 Å². The Bertz CT molecular complexity index is 703. The number of carbonyl (C=O) groups excluding carboxylic acids is 1. The number of amides is 1. The highest BCUT2D eigenvalue weighted by atomic mass is 16.5. The molecule has 3 N–H and O–H groups in total. The smallest absolute Gasteiger partial charge is 0.259 e. The van der Waals surface area contributed by atoms with Crippen molar-refractivity contribution in [2.45, 2.75) is 45.6 Å². The number of nitrogens with one attached hydrogen (secondary N) is 1. The predicted molar refractivity (Wildman–Crippen MR) is 83.7 cm³/mol. The maximum absolute atomic E-state index is 12.7. The van der Waals surface area contributed by atoms with Crippen molar-refractivity contribution in [1.82, 2.24) is 15.5 Å². The Hall–Kier alpha value is -1.95. The number of nitrogens with two attached hydrogens (primary N) is 1. The Morgan fingerprint density at radius 2 is 2.23 bits per heavy atom. The molecule has 0 aromatic carbocycles. The van der Waals surface area contributed by atoms with Crippen molar-refractivity contribution in [2.24, 2.45) is 11.7 Å². The van der Waals surface area contributed by atoms with Gasteiger partial charge in [0.2, 0.25) is 0 Å². The molecule has 0 saturated heterocycles. The van der Waals surface area contributed by atoms with Crippen molar-refractivity contribution in [3.8, 4) is 0 Å². The number of rotatable bonds is 5. The van der Waals surface area contributed by atoms with E-state index < -0.39 is 0 Å². The minimum atomic E-state index is -0.122. The number of hydrogen-bond donors (Lipinski definition) is 2. The molecular formula is C16H22N4O2. The van der Waals surface area contributed by atoms with Crippen LogP contribution in [0.15, 0.2) is 10.6 Å². The summed E-state index contributed by atoms with van der Waals surface area (Å²) in [6.07, 6.45) is 2.27. The highest BCUT2D eigenvalue weighted by Gasteiger charge is 2.32. The van der Waals surface area contributed by atoms with Crippen LogP contribution in [0.3, 0.4) is 0 Å². The van der Waals surface area contributed by atoms with Gasteiger partial charge in [-0.15, -0.1) is 0 Å². The third-order valence-corrected chi connectivity index (χ3v) is 4.23. The highest BCUT2D eigenvalue weighted by molar-refractivity contribution is 6.06. The first-order valence-corrected chi connectivity index (χ1v) is 7.79. The molecule has 0 radical (unpaired) electrons. The van der Waals surface area contributed by atoms with Gasteiger partial charge in [0.05, 0.1) is 16.6 Å². The molecule has 3 rings (SSSR count). The van der Waals surface area contributed by atoms with Crippen molar-refractivity contribution >= 4 is 17.0 Å². The number of carbonyl (C=O) groups is 1. The van der Waals surface area contributed by atoms with Crippen molar-refractivity contribution in [1.29, 1.82) is 0 Å². The largest absolute Gasteiger partial charge is 0.348 e. The van der Waals surface area contributed by atoms with E-state index in [0.29, 0.717) is 34.8 Å². The maximum atomic E-state index is 12.7. The van der Waals surface area contributed by atoms with Gasteiger partial charge in [-0.2, -0.15) is 0 Å². The normalized spacial score (nSPS) is 16.2.